The van der Waals surface area contributed by atoms with Crippen LogP contribution in [0.2, 0.25) is 0 Å². The molecule has 0 aromatic heterocycles. The van der Waals surface area contributed by atoms with Crippen LogP contribution in [0.1, 0.15) is 12.0 Å². The van der Waals surface area contributed by atoms with Crippen molar-refractivity contribution in [3.63, 3.8) is 0 Å². The largest absolute Gasteiger partial charge is 0.468 e. The molecular formula is C16H24N2O2. The number of aryl methyl sites for hydroxylation is 1. The predicted octanol–water partition coefficient (Wildman–Crippen LogP) is 1.41. The Kier molecular flexibility index (Phi) is 6.02. The van der Waals surface area contributed by atoms with E-state index in [1.165, 1.54) is 19.1 Å². The number of hydrogen-bond donors (Lipinski definition) is 0. The van der Waals surface area contributed by atoms with Crippen LogP contribution in [-0.4, -0.2) is 62.1 Å². The summed E-state index contributed by atoms with van der Waals surface area (Å²) in [6.07, 6.45) is 2.34. The summed E-state index contributed by atoms with van der Waals surface area (Å²) in [7, 11) is 1.45. The highest BCUT2D eigenvalue weighted by molar-refractivity contribution is 5.71. The summed E-state index contributed by atoms with van der Waals surface area (Å²) in [5, 5.41) is 0. The highest BCUT2D eigenvalue weighted by Crippen LogP contribution is 2.06. The predicted molar refractivity (Wildman–Crippen MR) is 79.7 cm³/mol. The van der Waals surface area contributed by atoms with Gasteiger partial charge in [0, 0.05) is 26.2 Å². The van der Waals surface area contributed by atoms with Gasteiger partial charge in [0.15, 0.2) is 0 Å². The molecule has 0 unspecified atom stereocenters. The molecule has 20 heavy (non-hydrogen) atoms. The maximum Gasteiger partial charge on any atom is 0.319 e. The number of methoxy groups -OCH3 is 1. The number of rotatable bonds is 6. The lowest BCUT2D eigenvalue weighted by molar-refractivity contribution is -0.142. The van der Waals surface area contributed by atoms with E-state index in [1.54, 1.807) is 0 Å². The molecule has 1 aromatic rings. The van der Waals surface area contributed by atoms with Gasteiger partial charge in [-0.05, 0) is 24.9 Å². The maximum absolute atomic E-state index is 11.2. The van der Waals surface area contributed by atoms with Gasteiger partial charge in [0.05, 0.1) is 13.7 Å². The van der Waals surface area contributed by atoms with E-state index in [-0.39, 0.29) is 5.97 Å². The normalized spacial score (nSPS) is 17.1. The number of esters is 1. The van der Waals surface area contributed by atoms with Crippen molar-refractivity contribution in [3.8, 4) is 0 Å². The summed E-state index contributed by atoms with van der Waals surface area (Å²) in [5.74, 6) is -0.137. The first kappa shape index (κ1) is 15.0. The Hall–Kier alpha value is -1.39. The Bertz CT molecular complexity index is 400. The van der Waals surface area contributed by atoms with E-state index in [1.807, 2.05) is 0 Å². The van der Waals surface area contributed by atoms with Crippen LogP contribution in [0.3, 0.4) is 0 Å². The molecule has 0 aliphatic carbocycles. The van der Waals surface area contributed by atoms with Crippen LogP contribution in [0.4, 0.5) is 0 Å². The van der Waals surface area contributed by atoms with Crippen molar-refractivity contribution in [2.45, 2.75) is 12.8 Å². The van der Waals surface area contributed by atoms with E-state index in [0.29, 0.717) is 6.54 Å². The van der Waals surface area contributed by atoms with Crippen molar-refractivity contribution in [2.24, 2.45) is 0 Å². The molecule has 4 nitrogen and oxygen atoms in total. The third kappa shape index (κ3) is 4.94. The van der Waals surface area contributed by atoms with Gasteiger partial charge < -0.3 is 9.64 Å². The molecule has 1 aliphatic heterocycles. The van der Waals surface area contributed by atoms with Crippen LogP contribution in [0.15, 0.2) is 30.3 Å². The monoisotopic (exact) mass is 276 g/mol. The lowest BCUT2D eigenvalue weighted by Gasteiger charge is -2.33. The molecular weight excluding hydrogens is 252 g/mol. The Labute approximate surface area is 121 Å². The standard InChI is InChI=1S/C16H24N2O2/c1-20-16(19)14-18-12-10-17(11-13-18)9-5-8-15-6-3-2-4-7-15/h2-4,6-7H,5,8-14H2,1H3. The van der Waals surface area contributed by atoms with Gasteiger partial charge in [-0.3, -0.25) is 9.69 Å². The zero-order valence-electron chi connectivity index (χ0n) is 12.3. The Morgan fingerprint density at radius 1 is 1.10 bits per heavy atom. The van der Waals surface area contributed by atoms with Gasteiger partial charge in [0.2, 0.25) is 0 Å². The zero-order valence-corrected chi connectivity index (χ0v) is 12.3. The van der Waals surface area contributed by atoms with E-state index in [4.69, 9.17) is 4.74 Å². The molecule has 0 radical (unpaired) electrons. The highest BCUT2D eigenvalue weighted by Gasteiger charge is 2.18. The molecule has 110 valence electrons. The lowest BCUT2D eigenvalue weighted by atomic mass is 10.1. The van der Waals surface area contributed by atoms with Crippen LogP contribution in [-0.2, 0) is 16.0 Å². The van der Waals surface area contributed by atoms with Crippen LogP contribution in [0, 0.1) is 0 Å². The van der Waals surface area contributed by atoms with E-state index in [9.17, 15) is 4.79 Å². The van der Waals surface area contributed by atoms with Gasteiger partial charge in [0.25, 0.3) is 0 Å². The minimum absolute atomic E-state index is 0.137. The van der Waals surface area contributed by atoms with Gasteiger partial charge in [0.1, 0.15) is 0 Å². The molecule has 1 fully saturated rings. The zero-order chi connectivity index (χ0) is 14.2. The smallest absolute Gasteiger partial charge is 0.319 e. The Balaban J connectivity index is 1.61. The maximum atomic E-state index is 11.2. The number of piperazine rings is 1. The van der Waals surface area contributed by atoms with Crippen molar-refractivity contribution in [1.82, 2.24) is 9.80 Å². The van der Waals surface area contributed by atoms with Crippen LogP contribution in [0.25, 0.3) is 0 Å². The van der Waals surface area contributed by atoms with Gasteiger partial charge >= 0.3 is 5.97 Å². The summed E-state index contributed by atoms with van der Waals surface area (Å²) >= 11 is 0. The second-order valence-corrected chi connectivity index (χ2v) is 5.28. The molecule has 0 bridgehead atoms. The van der Waals surface area contributed by atoms with Crippen molar-refractivity contribution in [3.05, 3.63) is 35.9 Å². The summed E-state index contributed by atoms with van der Waals surface area (Å²) < 4.78 is 4.70. The molecule has 1 aliphatic rings. The van der Waals surface area contributed by atoms with Crippen molar-refractivity contribution in [1.29, 1.82) is 0 Å². The first-order valence-corrected chi connectivity index (χ1v) is 7.33. The van der Waals surface area contributed by atoms with Crippen LogP contribution in [0.5, 0.6) is 0 Å². The molecule has 1 heterocycles. The number of carbonyl (C=O) groups excluding carboxylic acids is 1. The summed E-state index contributed by atoms with van der Waals surface area (Å²) in [6, 6.07) is 10.6. The molecule has 4 heteroatoms. The average molecular weight is 276 g/mol. The third-order valence-electron chi connectivity index (χ3n) is 3.83. The SMILES string of the molecule is COC(=O)CN1CCN(CCCc2ccccc2)CC1. The van der Waals surface area contributed by atoms with Crippen molar-refractivity contribution < 1.29 is 9.53 Å². The van der Waals surface area contributed by atoms with Crippen LogP contribution >= 0.6 is 0 Å². The Morgan fingerprint density at radius 2 is 1.75 bits per heavy atom. The van der Waals surface area contributed by atoms with Gasteiger partial charge in [-0.15, -0.1) is 0 Å². The second-order valence-electron chi connectivity index (χ2n) is 5.28. The highest BCUT2D eigenvalue weighted by atomic mass is 16.5. The fourth-order valence-corrected chi connectivity index (χ4v) is 2.57. The summed E-state index contributed by atoms with van der Waals surface area (Å²) in [5.41, 5.74) is 1.41. The van der Waals surface area contributed by atoms with Crippen LogP contribution < -0.4 is 0 Å². The fraction of sp³-hybridized carbons (Fsp3) is 0.562. The molecule has 0 atom stereocenters. The van der Waals surface area contributed by atoms with E-state index in [0.717, 1.165) is 39.1 Å². The minimum Gasteiger partial charge on any atom is -0.468 e. The fourth-order valence-electron chi connectivity index (χ4n) is 2.57. The summed E-state index contributed by atoms with van der Waals surface area (Å²) in [6.45, 7) is 5.58. The number of nitrogens with zero attached hydrogens (tertiary/aromatic N) is 2. The third-order valence-corrected chi connectivity index (χ3v) is 3.83. The minimum atomic E-state index is -0.137. The average Bonchev–Trinajstić information content (AvgIpc) is 2.50. The quantitative estimate of drug-likeness (QED) is 0.736. The second kappa shape index (κ2) is 8.02. The number of carbonyl (C=O) groups is 1. The number of ether oxygens (including phenoxy) is 1. The van der Waals surface area contributed by atoms with Crippen molar-refractivity contribution in [2.75, 3.05) is 46.4 Å². The molecule has 2 rings (SSSR count). The molecule has 1 saturated heterocycles. The Morgan fingerprint density at radius 3 is 2.40 bits per heavy atom. The number of benzene rings is 1. The first-order valence-electron chi connectivity index (χ1n) is 7.33. The lowest BCUT2D eigenvalue weighted by Crippen LogP contribution is -2.48. The molecule has 1 aromatic carbocycles. The molecule has 0 saturated carbocycles. The molecule has 0 amide bonds. The van der Waals surface area contributed by atoms with E-state index >= 15 is 0 Å². The van der Waals surface area contributed by atoms with Gasteiger partial charge in [-0.1, -0.05) is 30.3 Å². The molecule has 0 N–H and O–H groups in total. The van der Waals surface area contributed by atoms with E-state index in [2.05, 4.69) is 40.1 Å². The van der Waals surface area contributed by atoms with Gasteiger partial charge in [-0.25, -0.2) is 0 Å². The molecule has 0 spiro atoms. The summed E-state index contributed by atoms with van der Waals surface area (Å²) in [4.78, 5) is 15.9. The van der Waals surface area contributed by atoms with Gasteiger partial charge in [-0.2, -0.15) is 0 Å². The van der Waals surface area contributed by atoms with E-state index < -0.39 is 0 Å². The topological polar surface area (TPSA) is 32.8 Å². The first-order chi connectivity index (χ1) is 9.78. The van der Waals surface area contributed by atoms with Crippen molar-refractivity contribution >= 4 is 5.97 Å². The number of hydrogen-bond acceptors (Lipinski definition) is 4.